The van der Waals surface area contributed by atoms with Crippen molar-refractivity contribution in [2.75, 3.05) is 32.8 Å². The summed E-state index contributed by atoms with van der Waals surface area (Å²) in [6, 6.07) is 5.46. The lowest BCUT2D eigenvalue weighted by Gasteiger charge is -2.44. The average molecular weight is 318 g/mol. The first-order valence-corrected chi connectivity index (χ1v) is 8.30. The number of nitrogens with zero attached hydrogens (tertiary/aromatic N) is 1. The molecule has 1 aromatic rings. The van der Waals surface area contributed by atoms with Crippen LogP contribution in [0.25, 0.3) is 0 Å². The second kappa shape index (κ2) is 6.02. The smallest absolute Gasteiger partial charge is 0.251 e. The first-order valence-electron chi connectivity index (χ1n) is 8.30. The van der Waals surface area contributed by atoms with Gasteiger partial charge in [-0.2, -0.15) is 0 Å². The summed E-state index contributed by atoms with van der Waals surface area (Å²) < 4.78 is 11.2. The van der Waals surface area contributed by atoms with Gasteiger partial charge in [0.05, 0.1) is 6.61 Å². The highest BCUT2D eigenvalue weighted by Gasteiger charge is 2.35. The Hall–Kier alpha value is -1.79. The van der Waals surface area contributed by atoms with Crippen molar-refractivity contribution in [2.45, 2.75) is 25.0 Å². The molecule has 0 aromatic heterocycles. The first-order chi connectivity index (χ1) is 11.2. The Labute approximate surface area is 135 Å². The summed E-state index contributed by atoms with van der Waals surface area (Å²) in [5, 5.41) is 12.4. The third kappa shape index (κ3) is 2.88. The Morgan fingerprint density at radius 1 is 1.30 bits per heavy atom. The van der Waals surface area contributed by atoms with Gasteiger partial charge >= 0.3 is 0 Å². The molecule has 124 valence electrons. The number of rotatable bonds is 3. The fraction of sp³-hybridized carbons (Fsp3) is 0.588. The molecule has 0 spiro atoms. The number of amides is 1. The van der Waals surface area contributed by atoms with Crippen LogP contribution in [-0.4, -0.2) is 60.9 Å². The van der Waals surface area contributed by atoms with Gasteiger partial charge in [0.25, 0.3) is 5.91 Å². The summed E-state index contributed by atoms with van der Waals surface area (Å²) in [4.78, 5) is 15.0. The number of aliphatic hydroxyl groups is 1. The number of benzene rings is 1. The maximum Gasteiger partial charge on any atom is 0.251 e. The van der Waals surface area contributed by atoms with Crippen molar-refractivity contribution >= 4 is 5.91 Å². The fourth-order valence-corrected chi connectivity index (χ4v) is 3.73. The van der Waals surface area contributed by atoms with Crippen LogP contribution in [0.2, 0.25) is 0 Å². The van der Waals surface area contributed by atoms with E-state index in [0.717, 1.165) is 19.6 Å². The van der Waals surface area contributed by atoms with E-state index < -0.39 is 0 Å². The van der Waals surface area contributed by atoms with E-state index in [9.17, 15) is 9.90 Å². The number of hydrogen-bond donors (Lipinski definition) is 2. The molecule has 2 N–H and O–H groups in total. The maximum atomic E-state index is 12.6. The molecule has 0 radical (unpaired) electrons. The van der Waals surface area contributed by atoms with Crippen LogP contribution in [0.5, 0.6) is 11.5 Å². The number of carbonyl (C=O) groups is 1. The molecule has 1 aromatic carbocycles. The summed E-state index contributed by atoms with van der Waals surface area (Å²) in [6.45, 7) is 3.49. The number of hydrogen-bond acceptors (Lipinski definition) is 5. The van der Waals surface area contributed by atoms with Crippen molar-refractivity contribution < 1.29 is 19.4 Å². The van der Waals surface area contributed by atoms with Gasteiger partial charge in [-0.25, -0.2) is 0 Å². The van der Waals surface area contributed by atoms with E-state index >= 15 is 0 Å². The Bertz CT molecular complexity index is 598. The minimum absolute atomic E-state index is 0.0683. The van der Waals surface area contributed by atoms with Crippen LogP contribution in [0.4, 0.5) is 0 Å². The number of ether oxygens (including phenoxy) is 2. The molecule has 4 aliphatic heterocycles. The van der Waals surface area contributed by atoms with E-state index in [0.29, 0.717) is 29.6 Å². The first kappa shape index (κ1) is 14.8. The highest BCUT2D eigenvalue weighted by atomic mass is 16.6. The molecule has 3 saturated heterocycles. The van der Waals surface area contributed by atoms with Crippen LogP contribution in [0.15, 0.2) is 18.2 Å². The number of fused-ring (bicyclic) bond motifs is 4. The van der Waals surface area contributed by atoms with Crippen LogP contribution in [0, 0.1) is 5.92 Å². The van der Waals surface area contributed by atoms with Gasteiger partial charge in [0.2, 0.25) is 0 Å². The summed E-state index contributed by atoms with van der Waals surface area (Å²) >= 11 is 0. The minimum Gasteiger partial charge on any atom is -0.486 e. The molecule has 0 aliphatic carbocycles. The molecular weight excluding hydrogens is 296 g/mol. The molecule has 4 aliphatic rings. The van der Waals surface area contributed by atoms with Crippen LogP contribution in [-0.2, 0) is 0 Å². The molecule has 4 heterocycles. The molecule has 3 fully saturated rings. The Morgan fingerprint density at radius 3 is 2.83 bits per heavy atom. The van der Waals surface area contributed by atoms with E-state index in [1.807, 2.05) is 0 Å². The predicted octanol–water partition coefficient (Wildman–Crippen LogP) is 0.643. The third-order valence-electron chi connectivity index (χ3n) is 5.10. The quantitative estimate of drug-likeness (QED) is 0.856. The zero-order chi connectivity index (χ0) is 15.8. The summed E-state index contributed by atoms with van der Waals surface area (Å²) in [5.41, 5.74) is 0.572. The number of piperidine rings is 3. The molecule has 2 atom stereocenters. The van der Waals surface area contributed by atoms with Crippen molar-refractivity contribution in [3.05, 3.63) is 23.8 Å². The fourth-order valence-electron chi connectivity index (χ4n) is 3.73. The minimum atomic E-state index is -0.373. The maximum absolute atomic E-state index is 12.6. The topological polar surface area (TPSA) is 71.0 Å². The second-order valence-corrected chi connectivity index (χ2v) is 6.61. The molecule has 23 heavy (non-hydrogen) atoms. The third-order valence-corrected chi connectivity index (χ3v) is 5.10. The summed E-state index contributed by atoms with van der Waals surface area (Å²) in [7, 11) is 0. The lowest BCUT2D eigenvalue weighted by atomic mass is 9.84. The van der Waals surface area contributed by atoms with E-state index in [4.69, 9.17) is 9.47 Å². The lowest BCUT2D eigenvalue weighted by Crippen LogP contribution is -2.57. The molecule has 6 heteroatoms. The van der Waals surface area contributed by atoms with Crippen molar-refractivity contribution in [2.24, 2.45) is 5.92 Å². The van der Waals surface area contributed by atoms with Crippen molar-refractivity contribution in [1.29, 1.82) is 0 Å². The molecule has 2 bridgehead atoms. The molecule has 5 rings (SSSR count). The van der Waals surface area contributed by atoms with E-state index in [1.54, 1.807) is 18.2 Å². The summed E-state index contributed by atoms with van der Waals surface area (Å²) in [5.74, 6) is 1.67. The zero-order valence-corrected chi connectivity index (χ0v) is 13.0. The van der Waals surface area contributed by atoms with Gasteiger partial charge in [0.1, 0.15) is 6.61 Å². The molecule has 0 saturated carbocycles. The van der Waals surface area contributed by atoms with Gasteiger partial charge in [-0.05, 0) is 50.0 Å². The largest absolute Gasteiger partial charge is 0.486 e. The van der Waals surface area contributed by atoms with Gasteiger partial charge in [0, 0.05) is 18.2 Å². The van der Waals surface area contributed by atoms with Crippen molar-refractivity contribution in [1.82, 2.24) is 10.2 Å². The molecule has 0 unspecified atom stereocenters. The highest BCUT2D eigenvalue weighted by Crippen LogP contribution is 2.33. The van der Waals surface area contributed by atoms with Crippen LogP contribution in [0.1, 0.15) is 23.2 Å². The SMILES string of the molecule is O=C(N[C@H]1CN2CCC1CC2)c1ccc2c(c1)O[C@@H](CO)CO2. The van der Waals surface area contributed by atoms with Gasteiger partial charge in [-0.15, -0.1) is 0 Å². The van der Waals surface area contributed by atoms with Crippen LogP contribution >= 0.6 is 0 Å². The Morgan fingerprint density at radius 2 is 2.13 bits per heavy atom. The number of carbonyl (C=O) groups excluding carboxylic acids is 1. The van der Waals surface area contributed by atoms with Gasteiger partial charge in [-0.1, -0.05) is 0 Å². The average Bonchev–Trinajstić information content (AvgIpc) is 2.61. The van der Waals surface area contributed by atoms with Crippen LogP contribution < -0.4 is 14.8 Å². The van der Waals surface area contributed by atoms with Crippen molar-refractivity contribution in [3.63, 3.8) is 0 Å². The van der Waals surface area contributed by atoms with E-state index in [-0.39, 0.29) is 24.7 Å². The molecule has 1 amide bonds. The normalized spacial score (nSPS) is 31.7. The predicted molar refractivity (Wildman–Crippen MR) is 83.9 cm³/mol. The standard InChI is InChI=1S/C17H22N2O4/c20-9-13-10-22-15-2-1-12(7-16(15)23-13)17(21)18-14-8-19-5-3-11(14)4-6-19/h1-2,7,11,13-14,20H,3-6,8-10H2,(H,18,21)/t13-,14-/m0/s1. The number of aliphatic hydroxyl groups excluding tert-OH is 1. The van der Waals surface area contributed by atoms with Gasteiger partial charge < -0.3 is 24.8 Å². The molecular formula is C17H22N2O4. The van der Waals surface area contributed by atoms with E-state index in [1.165, 1.54) is 12.8 Å². The van der Waals surface area contributed by atoms with Crippen molar-refractivity contribution in [3.8, 4) is 11.5 Å². The zero-order valence-electron chi connectivity index (χ0n) is 13.0. The lowest BCUT2D eigenvalue weighted by molar-refractivity contribution is 0.0454. The van der Waals surface area contributed by atoms with E-state index in [2.05, 4.69) is 10.2 Å². The van der Waals surface area contributed by atoms with Crippen LogP contribution in [0.3, 0.4) is 0 Å². The highest BCUT2D eigenvalue weighted by molar-refractivity contribution is 5.95. The number of nitrogens with one attached hydrogen (secondary N) is 1. The van der Waals surface area contributed by atoms with Gasteiger partial charge in [0.15, 0.2) is 17.6 Å². The van der Waals surface area contributed by atoms with Gasteiger partial charge in [-0.3, -0.25) is 4.79 Å². The second-order valence-electron chi connectivity index (χ2n) is 6.61. The summed E-state index contributed by atoms with van der Waals surface area (Å²) in [6.07, 6.45) is 1.97. The Balaban J connectivity index is 1.46. The monoisotopic (exact) mass is 318 g/mol. The molecule has 6 nitrogen and oxygen atoms in total. The Kier molecular flexibility index (Phi) is 3.87.